The summed E-state index contributed by atoms with van der Waals surface area (Å²) in [6.07, 6.45) is 3.02. The van der Waals surface area contributed by atoms with Crippen LogP contribution in [0.25, 0.3) is 0 Å². The van der Waals surface area contributed by atoms with E-state index in [-0.39, 0.29) is 29.7 Å². The van der Waals surface area contributed by atoms with Gasteiger partial charge in [-0.15, -0.1) is 0 Å². The lowest BCUT2D eigenvalue weighted by atomic mass is 9.76. The minimum Gasteiger partial charge on any atom is -0.469 e. The van der Waals surface area contributed by atoms with Gasteiger partial charge in [-0.05, 0) is 42.5 Å². The van der Waals surface area contributed by atoms with Crippen LogP contribution in [0.5, 0.6) is 0 Å². The van der Waals surface area contributed by atoms with E-state index in [9.17, 15) is 9.18 Å². The first-order valence-corrected chi connectivity index (χ1v) is 9.30. The van der Waals surface area contributed by atoms with Crippen molar-refractivity contribution in [3.8, 4) is 0 Å². The molecule has 2 heterocycles. The highest BCUT2D eigenvalue weighted by atomic mass is 19.1. The second kappa shape index (κ2) is 7.20. The van der Waals surface area contributed by atoms with Crippen LogP contribution >= 0.6 is 0 Å². The van der Waals surface area contributed by atoms with Crippen molar-refractivity contribution < 1.29 is 13.9 Å². The van der Waals surface area contributed by atoms with Crippen molar-refractivity contribution in [2.45, 2.75) is 43.8 Å². The summed E-state index contributed by atoms with van der Waals surface area (Å²) in [5.41, 5.74) is 2.31. The Morgan fingerprint density at radius 2 is 1.85 bits per heavy atom. The van der Waals surface area contributed by atoms with Gasteiger partial charge in [0.2, 0.25) is 0 Å². The van der Waals surface area contributed by atoms with Crippen molar-refractivity contribution in [3.05, 3.63) is 71.5 Å². The second-order valence-corrected chi connectivity index (χ2v) is 7.40. The largest absolute Gasteiger partial charge is 0.469 e. The lowest BCUT2D eigenvalue weighted by Crippen LogP contribution is -2.50. The molecule has 0 aliphatic carbocycles. The van der Waals surface area contributed by atoms with Gasteiger partial charge >= 0.3 is 5.97 Å². The zero-order valence-electron chi connectivity index (χ0n) is 15.0. The van der Waals surface area contributed by atoms with Crippen LogP contribution in [0, 0.1) is 11.7 Å². The molecule has 2 aliphatic heterocycles. The molecule has 2 aromatic rings. The monoisotopic (exact) mass is 353 g/mol. The van der Waals surface area contributed by atoms with E-state index in [1.54, 1.807) is 0 Å². The van der Waals surface area contributed by atoms with Crippen LogP contribution in [-0.2, 0) is 16.1 Å². The number of ether oxygens (including phenoxy) is 1. The smallest absolute Gasteiger partial charge is 0.310 e. The molecule has 0 N–H and O–H groups in total. The number of fused-ring (bicyclic) bond motifs is 2. The number of carbonyl (C=O) groups is 1. The summed E-state index contributed by atoms with van der Waals surface area (Å²) in [6, 6.07) is 17.7. The predicted octanol–water partition coefficient (Wildman–Crippen LogP) is 4.14. The third-order valence-corrected chi connectivity index (χ3v) is 6.04. The molecule has 0 aromatic heterocycles. The maximum absolute atomic E-state index is 13.3. The Bertz CT molecular complexity index is 761. The average Bonchev–Trinajstić information content (AvgIpc) is 2.93. The molecule has 26 heavy (non-hydrogen) atoms. The number of halogens is 1. The van der Waals surface area contributed by atoms with Gasteiger partial charge < -0.3 is 4.74 Å². The van der Waals surface area contributed by atoms with Crippen LogP contribution in [-0.4, -0.2) is 30.1 Å². The molecule has 4 unspecified atom stereocenters. The Hall–Kier alpha value is -2.20. The van der Waals surface area contributed by atoms with Gasteiger partial charge in [0, 0.05) is 24.5 Å². The number of hydrogen-bond acceptors (Lipinski definition) is 3. The number of benzene rings is 2. The molecular formula is C22H24FNO2. The van der Waals surface area contributed by atoms with Gasteiger partial charge in [-0.1, -0.05) is 42.5 Å². The molecule has 4 atom stereocenters. The van der Waals surface area contributed by atoms with Crippen LogP contribution in [0.3, 0.4) is 0 Å². The number of esters is 1. The third kappa shape index (κ3) is 3.14. The molecule has 2 aromatic carbocycles. The Morgan fingerprint density at radius 1 is 1.12 bits per heavy atom. The molecule has 0 spiro atoms. The van der Waals surface area contributed by atoms with Gasteiger partial charge in [0.25, 0.3) is 0 Å². The van der Waals surface area contributed by atoms with E-state index in [0.717, 1.165) is 31.4 Å². The van der Waals surface area contributed by atoms with Crippen molar-refractivity contribution in [1.82, 2.24) is 4.90 Å². The molecule has 2 bridgehead atoms. The summed E-state index contributed by atoms with van der Waals surface area (Å²) in [4.78, 5) is 15.2. The van der Waals surface area contributed by atoms with Crippen LogP contribution in [0.4, 0.5) is 4.39 Å². The van der Waals surface area contributed by atoms with Crippen molar-refractivity contribution >= 4 is 5.97 Å². The first-order valence-electron chi connectivity index (χ1n) is 9.30. The van der Waals surface area contributed by atoms with Gasteiger partial charge in [-0.2, -0.15) is 0 Å². The fourth-order valence-corrected chi connectivity index (χ4v) is 4.86. The Labute approximate surface area is 153 Å². The Kier molecular flexibility index (Phi) is 4.77. The maximum Gasteiger partial charge on any atom is 0.310 e. The molecular weight excluding hydrogens is 329 g/mol. The molecule has 3 nitrogen and oxygen atoms in total. The summed E-state index contributed by atoms with van der Waals surface area (Å²) in [5.74, 6) is -0.504. The molecule has 4 rings (SSSR count). The van der Waals surface area contributed by atoms with E-state index in [4.69, 9.17) is 4.74 Å². The maximum atomic E-state index is 13.3. The predicted molar refractivity (Wildman–Crippen MR) is 98.1 cm³/mol. The fourth-order valence-electron chi connectivity index (χ4n) is 4.86. The normalized spacial score (nSPS) is 28.1. The number of methoxy groups -OCH3 is 1. The molecule has 0 radical (unpaired) electrons. The summed E-state index contributed by atoms with van der Waals surface area (Å²) in [6.45, 7) is 0.861. The van der Waals surface area contributed by atoms with Crippen molar-refractivity contribution in [2.75, 3.05) is 7.11 Å². The Balaban J connectivity index is 1.64. The van der Waals surface area contributed by atoms with Crippen molar-refractivity contribution in [2.24, 2.45) is 5.92 Å². The number of nitrogens with zero attached hydrogens (tertiary/aromatic N) is 1. The zero-order valence-corrected chi connectivity index (χ0v) is 15.0. The number of rotatable bonds is 4. The lowest BCUT2D eigenvalue weighted by molar-refractivity contribution is -0.150. The highest BCUT2D eigenvalue weighted by Gasteiger charge is 2.50. The molecule has 0 saturated carbocycles. The first kappa shape index (κ1) is 17.2. The lowest BCUT2D eigenvalue weighted by Gasteiger charge is -2.43. The zero-order chi connectivity index (χ0) is 18.1. The van der Waals surface area contributed by atoms with Crippen molar-refractivity contribution in [1.29, 1.82) is 0 Å². The van der Waals surface area contributed by atoms with E-state index in [1.807, 2.05) is 18.2 Å². The standard InChI is InChI=1S/C22H24FNO2/c1-26-22(25)21-19(16-7-9-17(23)10-8-16)13-18-11-12-20(21)24(18)14-15-5-3-2-4-6-15/h2-10,18-21H,11-14H2,1H3. The Morgan fingerprint density at radius 3 is 2.54 bits per heavy atom. The van der Waals surface area contributed by atoms with Crippen molar-refractivity contribution in [3.63, 3.8) is 0 Å². The van der Waals surface area contributed by atoms with Gasteiger partial charge in [-0.3, -0.25) is 9.69 Å². The van der Waals surface area contributed by atoms with Gasteiger partial charge in [0.15, 0.2) is 0 Å². The van der Waals surface area contributed by atoms with E-state index in [2.05, 4.69) is 29.2 Å². The summed E-state index contributed by atoms with van der Waals surface area (Å²) >= 11 is 0. The highest BCUT2D eigenvalue weighted by molar-refractivity contribution is 5.75. The minimum absolute atomic E-state index is 0.0903. The molecule has 2 aliphatic rings. The van der Waals surface area contributed by atoms with Gasteiger partial charge in [-0.25, -0.2) is 4.39 Å². The number of piperidine rings is 1. The molecule has 4 heteroatoms. The fraction of sp³-hybridized carbons (Fsp3) is 0.409. The third-order valence-electron chi connectivity index (χ3n) is 6.04. The van der Waals surface area contributed by atoms with Crippen LogP contribution < -0.4 is 0 Å². The summed E-state index contributed by atoms with van der Waals surface area (Å²) in [5, 5.41) is 0. The highest BCUT2D eigenvalue weighted by Crippen LogP contribution is 2.47. The second-order valence-electron chi connectivity index (χ2n) is 7.40. The summed E-state index contributed by atoms with van der Waals surface area (Å²) in [7, 11) is 1.46. The van der Waals surface area contributed by atoms with E-state index in [0.29, 0.717) is 6.04 Å². The first-order chi connectivity index (χ1) is 12.7. The van der Waals surface area contributed by atoms with Crippen LogP contribution in [0.15, 0.2) is 54.6 Å². The molecule has 136 valence electrons. The van der Waals surface area contributed by atoms with E-state index >= 15 is 0 Å². The molecule has 2 saturated heterocycles. The molecule has 0 amide bonds. The van der Waals surface area contributed by atoms with E-state index in [1.165, 1.54) is 24.8 Å². The van der Waals surface area contributed by atoms with Gasteiger partial charge in [0.1, 0.15) is 5.82 Å². The summed E-state index contributed by atoms with van der Waals surface area (Å²) < 4.78 is 18.5. The van der Waals surface area contributed by atoms with E-state index < -0.39 is 0 Å². The quantitative estimate of drug-likeness (QED) is 0.774. The SMILES string of the molecule is COC(=O)C1C(c2ccc(F)cc2)CC2CCC1N2Cc1ccccc1. The number of hydrogen-bond donors (Lipinski definition) is 0. The van der Waals surface area contributed by atoms with Gasteiger partial charge in [0.05, 0.1) is 13.0 Å². The minimum atomic E-state index is -0.243. The van der Waals surface area contributed by atoms with Crippen LogP contribution in [0.1, 0.15) is 36.3 Å². The van der Waals surface area contributed by atoms with Crippen LogP contribution in [0.2, 0.25) is 0 Å². The topological polar surface area (TPSA) is 29.5 Å². The molecule has 2 fully saturated rings. The number of carbonyl (C=O) groups excluding carboxylic acids is 1. The average molecular weight is 353 g/mol.